The van der Waals surface area contributed by atoms with Crippen LogP contribution in [0.15, 0.2) is 39.4 Å². The summed E-state index contributed by atoms with van der Waals surface area (Å²) in [6.07, 6.45) is 0.115. The van der Waals surface area contributed by atoms with Crippen molar-refractivity contribution in [2.75, 3.05) is 7.11 Å². The van der Waals surface area contributed by atoms with Crippen molar-refractivity contribution in [3.63, 3.8) is 0 Å². The lowest BCUT2D eigenvalue weighted by molar-refractivity contribution is -0.144. The van der Waals surface area contributed by atoms with Gasteiger partial charge >= 0.3 is 5.97 Å². The highest BCUT2D eigenvalue weighted by Gasteiger charge is 2.15. The zero-order valence-electron chi connectivity index (χ0n) is 14.2. The van der Waals surface area contributed by atoms with Crippen LogP contribution in [0, 0.1) is 13.8 Å². The number of esters is 1. The Balaban J connectivity index is 1.58. The first kappa shape index (κ1) is 16.8. The largest absolute Gasteiger partial charge is 0.497 e. The molecule has 0 atom stereocenters. The molecule has 0 saturated heterocycles. The van der Waals surface area contributed by atoms with Crippen molar-refractivity contribution in [2.24, 2.45) is 0 Å². The van der Waals surface area contributed by atoms with Gasteiger partial charge in [0.25, 0.3) is 0 Å². The van der Waals surface area contributed by atoms with Crippen LogP contribution in [0.5, 0.6) is 5.75 Å². The van der Waals surface area contributed by atoms with E-state index in [0.29, 0.717) is 22.9 Å². The van der Waals surface area contributed by atoms with Crippen LogP contribution in [0.1, 0.15) is 22.7 Å². The molecule has 0 spiro atoms. The Hall–Kier alpha value is -3.09. The standard InChI is InChI=1S/C18H18N2O5/c1-11-16(12(2)24-19-11)9-18(21)23-10-14-8-17(25-20-14)13-4-6-15(22-3)7-5-13/h4-8H,9-10H2,1-3H3. The zero-order chi connectivity index (χ0) is 17.8. The summed E-state index contributed by atoms with van der Waals surface area (Å²) in [6, 6.07) is 9.15. The minimum atomic E-state index is -0.372. The third kappa shape index (κ3) is 3.88. The molecule has 0 aliphatic carbocycles. The van der Waals surface area contributed by atoms with Gasteiger partial charge in [0.2, 0.25) is 0 Å². The van der Waals surface area contributed by atoms with Gasteiger partial charge < -0.3 is 18.5 Å². The van der Waals surface area contributed by atoms with Crippen LogP contribution < -0.4 is 4.74 Å². The van der Waals surface area contributed by atoms with E-state index in [4.69, 9.17) is 18.5 Å². The normalized spacial score (nSPS) is 10.7. The molecule has 7 nitrogen and oxygen atoms in total. The van der Waals surface area contributed by atoms with Crippen LogP contribution in [-0.2, 0) is 22.6 Å². The monoisotopic (exact) mass is 342 g/mol. The van der Waals surface area contributed by atoms with E-state index < -0.39 is 0 Å². The van der Waals surface area contributed by atoms with Gasteiger partial charge in [0.15, 0.2) is 5.76 Å². The predicted molar refractivity (Wildman–Crippen MR) is 88.0 cm³/mol. The fraction of sp³-hybridized carbons (Fsp3) is 0.278. The average molecular weight is 342 g/mol. The van der Waals surface area contributed by atoms with Gasteiger partial charge in [-0.05, 0) is 38.1 Å². The van der Waals surface area contributed by atoms with Crippen LogP contribution in [0.4, 0.5) is 0 Å². The molecule has 1 aromatic carbocycles. The van der Waals surface area contributed by atoms with Crippen molar-refractivity contribution in [1.29, 1.82) is 0 Å². The number of ether oxygens (including phenoxy) is 2. The summed E-state index contributed by atoms with van der Waals surface area (Å²) >= 11 is 0. The van der Waals surface area contributed by atoms with Gasteiger partial charge in [-0.1, -0.05) is 10.3 Å². The number of rotatable bonds is 6. The Bertz CT molecular complexity index is 844. The first-order valence-corrected chi connectivity index (χ1v) is 7.74. The van der Waals surface area contributed by atoms with Gasteiger partial charge in [0.05, 0.1) is 19.2 Å². The van der Waals surface area contributed by atoms with E-state index in [1.54, 1.807) is 27.0 Å². The summed E-state index contributed by atoms with van der Waals surface area (Å²) in [4.78, 5) is 12.0. The molecule has 3 rings (SSSR count). The van der Waals surface area contributed by atoms with E-state index in [-0.39, 0.29) is 19.0 Å². The molecule has 3 aromatic rings. The molecule has 2 aromatic heterocycles. The highest BCUT2D eigenvalue weighted by atomic mass is 16.5. The number of hydrogen-bond acceptors (Lipinski definition) is 7. The smallest absolute Gasteiger partial charge is 0.310 e. The molecule has 0 amide bonds. The number of methoxy groups -OCH3 is 1. The van der Waals surface area contributed by atoms with E-state index in [2.05, 4.69) is 10.3 Å². The number of carbonyl (C=O) groups is 1. The number of benzene rings is 1. The van der Waals surface area contributed by atoms with Crippen LogP contribution in [0.3, 0.4) is 0 Å². The third-order valence-electron chi connectivity index (χ3n) is 3.82. The molecular formula is C18H18N2O5. The van der Waals surface area contributed by atoms with Crippen LogP contribution in [-0.4, -0.2) is 23.4 Å². The van der Waals surface area contributed by atoms with E-state index >= 15 is 0 Å². The molecular weight excluding hydrogens is 324 g/mol. The molecule has 25 heavy (non-hydrogen) atoms. The fourth-order valence-corrected chi connectivity index (χ4v) is 2.38. The topological polar surface area (TPSA) is 87.6 Å². The lowest BCUT2D eigenvalue weighted by atomic mass is 10.1. The molecule has 0 fully saturated rings. The molecule has 2 heterocycles. The van der Waals surface area contributed by atoms with Crippen molar-refractivity contribution in [1.82, 2.24) is 10.3 Å². The van der Waals surface area contributed by atoms with E-state index in [0.717, 1.165) is 16.9 Å². The van der Waals surface area contributed by atoms with E-state index in [9.17, 15) is 4.79 Å². The molecule has 0 aliphatic heterocycles. The Kier molecular flexibility index (Phi) is 4.83. The number of hydrogen-bond donors (Lipinski definition) is 0. The molecule has 0 unspecified atom stereocenters. The second kappa shape index (κ2) is 7.21. The highest BCUT2D eigenvalue weighted by molar-refractivity contribution is 5.73. The predicted octanol–water partition coefficient (Wildman–Crippen LogP) is 3.24. The molecule has 0 N–H and O–H groups in total. The first-order chi connectivity index (χ1) is 12.1. The minimum absolute atomic E-state index is 0.0435. The summed E-state index contributed by atoms with van der Waals surface area (Å²) in [5.74, 6) is 1.61. The molecule has 0 aliphatic rings. The average Bonchev–Trinajstić information content (AvgIpc) is 3.22. The highest BCUT2D eigenvalue weighted by Crippen LogP contribution is 2.23. The lowest BCUT2D eigenvalue weighted by Crippen LogP contribution is -2.09. The molecule has 7 heteroatoms. The van der Waals surface area contributed by atoms with Crippen LogP contribution >= 0.6 is 0 Å². The maximum absolute atomic E-state index is 12.0. The van der Waals surface area contributed by atoms with Crippen LogP contribution in [0.2, 0.25) is 0 Å². The maximum atomic E-state index is 12.0. The minimum Gasteiger partial charge on any atom is -0.497 e. The van der Waals surface area contributed by atoms with Gasteiger partial charge in [0, 0.05) is 17.2 Å². The molecule has 0 saturated carbocycles. The zero-order valence-corrected chi connectivity index (χ0v) is 14.2. The van der Waals surface area contributed by atoms with Gasteiger partial charge in [-0.15, -0.1) is 0 Å². The summed E-state index contributed by atoms with van der Waals surface area (Å²) in [6.45, 7) is 3.60. The van der Waals surface area contributed by atoms with Crippen molar-refractivity contribution in [2.45, 2.75) is 26.9 Å². The quantitative estimate of drug-likeness (QED) is 0.635. The van der Waals surface area contributed by atoms with E-state index in [1.165, 1.54) is 0 Å². The van der Waals surface area contributed by atoms with Gasteiger partial charge in [-0.3, -0.25) is 4.79 Å². The van der Waals surface area contributed by atoms with Crippen molar-refractivity contribution >= 4 is 5.97 Å². The Labute approximate surface area is 144 Å². The molecule has 0 radical (unpaired) electrons. The molecule has 130 valence electrons. The summed E-state index contributed by atoms with van der Waals surface area (Å²) in [7, 11) is 1.61. The fourth-order valence-electron chi connectivity index (χ4n) is 2.38. The summed E-state index contributed by atoms with van der Waals surface area (Å²) in [5, 5.41) is 7.74. The first-order valence-electron chi connectivity index (χ1n) is 7.74. The summed E-state index contributed by atoms with van der Waals surface area (Å²) in [5.41, 5.74) is 2.85. The van der Waals surface area contributed by atoms with Gasteiger partial charge in [-0.25, -0.2) is 0 Å². The lowest BCUT2D eigenvalue weighted by Gasteiger charge is -2.02. The van der Waals surface area contributed by atoms with Crippen LogP contribution in [0.25, 0.3) is 11.3 Å². The number of aryl methyl sites for hydroxylation is 2. The second-order valence-electron chi connectivity index (χ2n) is 5.55. The van der Waals surface area contributed by atoms with Crippen molar-refractivity contribution < 1.29 is 23.3 Å². The van der Waals surface area contributed by atoms with Gasteiger partial charge in [0.1, 0.15) is 23.8 Å². The van der Waals surface area contributed by atoms with Crippen molar-refractivity contribution in [3.05, 3.63) is 53.0 Å². The van der Waals surface area contributed by atoms with Crippen molar-refractivity contribution in [3.8, 4) is 17.1 Å². The Morgan fingerprint density at radius 2 is 1.88 bits per heavy atom. The van der Waals surface area contributed by atoms with E-state index in [1.807, 2.05) is 24.3 Å². The molecule has 0 bridgehead atoms. The number of aromatic nitrogens is 2. The Morgan fingerprint density at radius 1 is 1.12 bits per heavy atom. The Morgan fingerprint density at radius 3 is 2.52 bits per heavy atom. The number of nitrogens with zero attached hydrogens (tertiary/aromatic N) is 2. The second-order valence-corrected chi connectivity index (χ2v) is 5.55. The SMILES string of the molecule is COc1ccc(-c2cc(COC(=O)Cc3c(C)noc3C)no2)cc1. The number of carbonyl (C=O) groups excluding carboxylic acids is 1. The van der Waals surface area contributed by atoms with Gasteiger partial charge in [-0.2, -0.15) is 0 Å². The maximum Gasteiger partial charge on any atom is 0.310 e. The third-order valence-corrected chi connectivity index (χ3v) is 3.82. The summed E-state index contributed by atoms with van der Waals surface area (Å²) < 4.78 is 20.7.